The predicted octanol–water partition coefficient (Wildman–Crippen LogP) is 10.8. The van der Waals surface area contributed by atoms with E-state index < -0.39 is 0 Å². The molecule has 7 aromatic rings. The summed E-state index contributed by atoms with van der Waals surface area (Å²) >= 11 is 0. The summed E-state index contributed by atoms with van der Waals surface area (Å²) in [6.07, 6.45) is 0. The van der Waals surface area contributed by atoms with E-state index in [9.17, 15) is 0 Å². The van der Waals surface area contributed by atoms with E-state index in [0.717, 1.165) is 17.1 Å². The van der Waals surface area contributed by atoms with E-state index in [1.54, 1.807) is 0 Å². The Morgan fingerprint density at radius 1 is 0.282 bits per heavy atom. The third kappa shape index (κ3) is 4.45. The molecule has 7 rings (SSSR count). The fourth-order valence-electron chi connectivity index (χ4n) is 5.49. The molecule has 0 aromatic heterocycles. The fourth-order valence-corrected chi connectivity index (χ4v) is 5.49. The molecule has 0 fully saturated rings. The summed E-state index contributed by atoms with van der Waals surface area (Å²) in [6.45, 7) is 0. The smallest absolute Gasteiger partial charge is 0.0468 e. The Labute approximate surface area is 229 Å². The van der Waals surface area contributed by atoms with Gasteiger partial charge in [0.05, 0.1) is 0 Å². The van der Waals surface area contributed by atoms with Crippen LogP contribution in [-0.4, -0.2) is 0 Å². The number of hydrogen-bond acceptors (Lipinski definition) is 1. The van der Waals surface area contributed by atoms with E-state index in [2.05, 4.69) is 169 Å². The van der Waals surface area contributed by atoms with Gasteiger partial charge in [-0.1, -0.05) is 127 Å². The largest absolute Gasteiger partial charge is 0.310 e. The van der Waals surface area contributed by atoms with Gasteiger partial charge >= 0.3 is 0 Å². The molecule has 39 heavy (non-hydrogen) atoms. The monoisotopic (exact) mass is 497 g/mol. The van der Waals surface area contributed by atoms with Crippen molar-refractivity contribution in [3.8, 4) is 22.3 Å². The summed E-state index contributed by atoms with van der Waals surface area (Å²) in [5.74, 6) is 0. The first kappa shape index (κ1) is 23.0. The highest BCUT2D eigenvalue weighted by Crippen LogP contribution is 2.40. The molecule has 7 aromatic carbocycles. The molecule has 0 amide bonds. The Morgan fingerprint density at radius 3 is 1.36 bits per heavy atom. The van der Waals surface area contributed by atoms with E-state index in [0.29, 0.717) is 0 Å². The van der Waals surface area contributed by atoms with Crippen LogP contribution < -0.4 is 4.90 Å². The van der Waals surface area contributed by atoms with Gasteiger partial charge in [0.2, 0.25) is 0 Å². The van der Waals surface area contributed by atoms with Crippen molar-refractivity contribution in [3.63, 3.8) is 0 Å². The zero-order valence-corrected chi connectivity index (χ0v) is 21.5. The summed E-state index contributed by atoms with van der Waals surface area (Å²) in [5.41, 5.74) is 8.20. The van der Waals surface area contributed by atoms with Crippen LogP contribution in [0.2, 0.25) is 0 Å². The first-order valence-electron chi connectivity index (χ1n) is 13.4. The average molecular weight is 498 g/mol. The third-order valence-electron chi connectivity index (χ3n) is 7.41. The Hall–Kier alpha value is -5.14. The van der Waals surface area contributed by atoms with Crippen LogP contribution in [0.3, 0.4) is 0 Å². The number of fused-ring (bicyclic) bond motifs is 3. The van der Waals surface area contributed by atoms with Crippen molar-refractivity contribution in [2.75, 3.05) is 4.90 Å². The molecule has 0 spiro atoms. The van der Waals surface area contributed by atoms with Gasteiger partial charge in [-0.2, -0.15) is 0 Å². The molecule has 0 heterocycles. The molecular formula is C38H27N. The van der Waals surface area contributed by atoms with Gasteiger partial charge < -0.3 is 4.90 Å². The molecular weight excluding hydrogens is 470 g/mol. The number of rotatable bonds is 5. The van der Waals surface area contributed by atoms with Crippen LogP contribution >= 0.6 is 0 Å². The maximum Gasteiger partial charge on any atom is 0.0468 e. The standard InChI is InChI=1S/C38H27N/c1-3-11-28(12-4-1)32-16-9-18-34(25-32)39(35-19-10-17-33(26-35)29-13-5-2-6-14-29)36-24-23-31-22-21-30-15-7-8-20-37(30)38(31)27-36/h1-27H. The predicted molar refractivity (Wildman–Crippen MR) is 167 cm³/mol. The van der Waals surface area contributed by atoms with E-state index in [1.807, 2.05) is 0 Å². The normalized spacial score (nSPS) is 11.1. The molecule has 0 saturated heterocycles. The topological polar surface area (TPSA) is 3.24 Å². The molecule has 0 N–H and O–H groups in total. The molecule has 0 atom stereocenters. The highest BCUT2D eigenvalue weighted by Gasteiger charge is 2.15. The van der Waals surface area contributed by atoms with Crippen molar-refractivity contribution < 1.29 is 0 Å². The molecule has 1 heteroatoms. The lowest BCUT2D eigenvalue weighted by Crippen LogP contribution is -2.10. The minimum Gasteiger partial charge on any atom is -0.310 e. The van der Waals surface area contributed by atoms with Crippen molar-refractivity contribution in [2.24, 2.45) is 0 Å². The van der Waals surface area contributed by atoms with Crippen molar-refractivity contribution in [2.45, 2.75) is 0 Å². The Balaban J connectivity index is 1.44. The van der Waals surface area contributed by atoms with Gasteiger partial charge in [0, 0.05) is 17.1 Å². The van der Waals surface area contributed by atoms with E-state index in [4.69, 9.17) is 0 Å². The van der Waals surface area contributed by atoms with Crippen molar-refractivity contribution >= 4 is 38.6 Å². The molecule has 0 unspecified atom stereocenters. The Kier molecular flexibility index (Phi) is 5.88. The fraction of sp³-hybridized carbons (Fsp3) is 0. The van der Waals surface area contributed by atoms with E-state index >= 15 is 0 Å². The van der Waals surface area contributed by atoms with Crippen LogP contribution in [0.5, 0.6) is 0 Å². The molecule has 0 bridgehead atoms. The van der Waals surface area contributed by atoms with Crippen LogP contribution in [0.1, 0.15) is 0 Å². The number of hydrogen-bond donors (Lipinski definition) is 0. The van der Waals surface area contributed by atoms with Gasteiger partial charge in [0.15, 0.2) is 0 Å². The van der Waals surface area contributed by atoms with Gasteiger partial charge in [-0.3, -0.25) is 0 Å². The summed E-state index contributed by atoms with van der Waals surface area (Å²) < 4.78 is 0. The summed E-state index contributed by atoms with van der Waals surface area (Å²) in [5, 5.41) is 5.03. The summed E-state index contributed by atoms with van der Waals surface area (Å²) in [7, 11) is 0. The molecule has 0 saturated carbocycles. The lowest BCUT2D eigenvalue weighted by molar-refractivity contribution is 1.29. The molecule has 1 nitrogen and oxygen atoms in total. The second-order valence-corrected chi connectivity index (χ2v) is 9.86. The van der Waals surface area contributed by atoms with Gasteiger partial charge in [-0.25, -0.2) is 0 Å². The van der Waals surface area contributed by atoms with Crippen LogP contribution in [0.15, 0.2) is 164 Å². The minimum atomic E-state index is 1.13. The number of nitrogens with zero attached hydrogens (tertiary/aromatic N) is 1. The first-order chi connectivity index (χ1) is 19.3. The van der Waals surface area contributed by atoms with Gasteiger partial charge in [0.1, 0.15) is 0 Å². The van der Waals surface area contributed by atoms with Crippen molar-refractivity contribution in [1.82, 2.24) is 0 Å². The molecule has 0 radical (unpaired) electrons. The van der Waals surface area contributed by atoms with E-state index in [-0.39, 0.29) is 0 Å². The quantitative estimate of drug-likeness (QED) is 0.214. The molecule has 0 aliphatic carbocycles. The number of anilines is 3. The third-order valence-corrected chi connectivity index (χ3v) is 7.41. The second kappa shape index (κ2) is 9.96. The highest BCUT2D eigenvalue weighted by molar-refractivity contribution is 6.09. The van der Waals surface area contributed by atoms with Gasteiger partial charge in [-0.05, 0) is 80.2 Å². The van der Waals surface area contributed by atoms with Crippen LogP contribution in [0.4, 0.5) is 17.1 Å². The van der Waals surface area contributed by atoms with Gasteiger partial charge in [-0.15, -0.1) is 0 Å². The van der Waals surface area contributed by atoms with Crippen LogP contribution in [0.25, 0.3) is 43.8 Å². The Bertz CT molecular complexity index is 1820. The maximum atomic E-state index is 2.38. The first-order valence-corrected chi connectivity index (χ1v) is 13.4. The SMILES string of the molecule is c1ccc(-c2cccc(N(c3cccc(-c4ccccc4)c3)c3ccc4ccc5ccccc5c4c3)c2)cc1. The van der Waals surface area contributed by atoms with Crippen LogP contribution in [0, 0.1) is 0 Å². The number of benzene rings is 7. The molecule has 0 aliphatic heterocycles. The zero-order valence-electron chi connectivity index (χ0n) is 21.5. The highest BCUT2D eigenvalue weighted by atomic mass is 15.1. The lowest BCUT2D eigenvalue weighted by Gasteiger charge is -2.27. The van der Waals surface area contributed by atoms with Crippen LogP contribution in [-0.2, 0) is 0 Å². The Morgan fingerprint density at radius 2 is 0.744 bits per heavy atom. The summed E-state index contributed by atoms with van der Waals surface area (Å²) in [6, 6.07) is 58.7. The van der Waals surface area contributed by atoms with Crippen molar-refractivity contribution in [3.05, 3.63) is 164 Å². The average Bonchev–Trinajstić information content (AvgIpc) is 3.02. The van der Waals surface area contributed by atoms with Gasteiger partial charge in [0.25, 0.3) is 0 Å². The van der Waals surface area contributed by atoms with E-state index in [1.165, 1.54) is 43.8 Å². The lowest BCUT2D eigenvalue weighted by atomic mass is 10.00. The molecule has 0 aliphatic rings. The second-order valence-electron chi connectivity index (χ2n) is 9.86. The van der Waals surface area contributed by atoms with Crippen molar-refractivity contribution in [1.29, 1.82) is 0 Å². The minimum absolute atomic E-state index is 1.13. The zero-order chi connectivity index (χ0) is 26.0. The summed E-state index contributed by atoms with van der Waals surface area (Å²) in [4.78, 5) is 2.38. The molecule has 184 valence electrons. The maximum absolute atomic E-state index is 2.38.